The molecule has 0 unspecified atom stereocenters. The summed E-state index contributed by atoms with van der Waals surface area (Å²) in [6.07, 6.45) is 0.770. The number of carbonyl (C=O) groups is 3. The fourth-order valence-corrected chi connectivity index (χ4v) is 5.62. The lowest BCUT2D eigenvalue weighted by Gasteiger charge is -2.22. The average Bonchev–Trinajstić information content (AvgIpc) is 3.37. The number of aromatic nitrogens is 1. The lowest BCUT2D eigenvalue weighted by molar-refractivity contribution is -0.146. The van der Waals surface area contributed by atoms with E-state index in [2.05, 4.69) is 4.98 Å². The number of benzene rings is 1. The van der Waals surface area contributed by atoms with Gasteiger partial charge in [0.05, 0.1) is 22.8 Å². The number of Topliss-reactive ketones (excluding diaryl/α,β-unsaturated/α-hetero) is 1. The normalized spacial score (nSPS) is 16.5. The first-order valence-electron chi connectivity index (χ1n) is 10.4. The first kappa shape index (κ1) is 24.9. The zero-order valence-corrected chi connectivity index (χ0v) is 20.1. The van der Waals surface area contributed by atoms with Crippen molar-refractivity contribution in [3.63, 3.8) is 0 Å². The van der Waals surface area contributed by atoms with Crippen LogP contribution < -0.4 is 0 Å². The highest BCUT2D eigenvalue weighted by molar-refractivity contribution is 7.89. The molecule has 1 aliphatic rings. The number of H-pyrrole nitrogens is 1. The number of ether oxygens (including phenoxy) is 2. The first-order valence-corrected chi connectivity index (χ1v) is 12.2. The van der Waals surface area contributed by atoms with Gasteiger partial charge in [0.2, 0.25) is 15.8 Å². The van der Waals surface area contributed by atoms with Crippen molar-refractivity contribution < 1.29 is 32.3 Å². The second-order valence-electron chi connectivity index (χ2n) is 7.60. The molecule has 11 heteroatoms. The van der Waals surface area contributed by atoms with Crippen LogP contribution in [0.25, 0.3) is 0 Å². The Bertz CT molecular complexity index is 1170. The van der Waals surface area contributed by atoms with Gasteiger partial charge in [-0.1, -0.05) is 11.6 Å². The quantitative estimate of drug-likeness (QED) is 0.440. The predicted molar refractivity (Wildman–Crippen MR) is 120 cm³/mol. The minimum atomic E-state index is -3.93. The number of aryl methyl sites for hydroxylation is 1. The van der Waals surface area contributed by atoms with Gasteiger partial charge in [0.1, 0.15) is 6.04 Å². The van der Waals surface area contributed by atoms with Crippen molar-refractivity contribution in [3.8, 4) is 0 Å². The van der Waals surface area contributed by atoms with Gasteiger partial charge in [-0.05, 0) is 63.4 Å². The molecule has 2 aromatic rings. The van der Waals surface area contributed by atoms with Crippen LogP contribution in [0.15, 0.2) is 29.2 Å². The summed E-state index contributed by atoms with van der Waals surface area (Å²) in [7, 11) is -3.93. The van der Waals surface area contributed by atoms with E-state index in [1.165, 1.54) is 24.3 Å². The molecule has 0 saturated carbocycles. The molecule has 1 aromatic heterocycles. The fraction of sp³-hybridized carbons (Fsp3) is 0.409. The van der Waals surface area contributed by atoms with Crippen molar-refractivity contribution >= 4 is 39.3 Å². The van der Waals surface area contributed by atoms with E-state index in [4.69, 9.17) is 21.1 Å². The fourth-order valence-electron chi connectivity index (χ4n) is 3.85. The van der Waals surface area contributed by atoms with Gasteiger partial charge in [-0.2, -0.15) is 4.31 Å². The SMILES string of the molecule is CCOC(=O)c1c(C)[nH]c(C(=O)COC(=O)[C@@H]2CCCN2S(=O)(=O)c2ccc(Cl)cc2)c1C. The van der Waals surface area contributed by atoms with Crippen molar-refractivity contribution in [1.82, 2.24) is 9.29 Å². The van der Waals surface area contributed by atoms with E-state index in [1.54, 1.807) is 20.8 Å². The van der Waals surface area contributed by atoms with E-state index >= 15 is 0 Å². The minimum absolute atomic E-state index is 0.0201. The number of sulfonamides is 1. The van der Waals surface area contributed by atoms with Crippen LogP contribution >= 0.6 is 11.6 Å². The van der Waals surface area contributed by atoms with E-state index in [-0.39, 0.29) is 35.7 Å². The molecular formula is C22H25ClN2O7S. The number of hydrogen-bond acceptors (Lipinski definition) is 7. The molecule has 0 spiro atoms. The molecule has 0 radical (unpaired) electrons. The molecule has 1 aromatic carbocycles. The van der Waals surface area contributed by atoms with E-state index < -0.39 is 40.4 Å². The Balaban J connectivity index is 1.70. The lowest BCUT2D eigenvalue weighted by Crippen LogP contribution is -2.41. The summed E-state index contributed by atoms with van der Waals surface area (Å²) in [5.41, 5.74) is 1.28. The predicted octanol–water partition coefficient (Wildman–Crippen LogP) is 3.04. The van der Waals surface area contributed by atoms with E-state index in [1.807, 2.05) is 0 Å². The molecule has 0 aliphatic carbocycles. The first-order chi connectivity index (χ1) is 15.6. The Hall–Kier alpha value is -2.69. The van der Waals surface area contributed by atoms with Gasteiger partial charge < -0.3 is 14.5 Å². The average molecular weight is 497 g/mol. The van der Waals surface area contributed by atoms with Gasteiger partial charge in [-0.15, -0.1) is 0 Å². The van der Waals surface area contributed by atoms with Gasteiger partial charge in [0, 0.05) is 17.3 Å². The van der Waals surface area contributed by atoms with Crippen LogP contribution in [0.2, 0.25) is 5.02 Å². The maximum Gasteiger partial charge on any atom is 0.340 e. The molecule has 178 valence electrons. The number of hydrogen-bond donors (Lipinski definition) is 1. The molecule has 3 rings (SSSR count). The zero-order valence-electron chi connectivity index (χ0n) is 18.5. The molecule has 1 atom stereocenters. The number of nitrogens with zero attached hydrogens (tertiary/aromatic N) is 1. The van der Waals surface area contributed by atoms with Crippen LogP contribution in [0.3, 0.4) is 0 Å². The van der Waals surface area contributed by atoms with E-state index in [0.29, 0.717) is 22.7 Å². The van der Waals surface area contributed by atoms with Crippen molar-refractivity contribution in [2.24, 2.45) is 0 Å². The second kappa shape index (κ2) is 10.1. The third-order valence-corrected chi connectivity index (χ3v) is 7.61. The molecule has 33 heavy (non-hydrogen) atoms. The molecule has 1 fully saturated rings. The number of ketones is 1. The number of carbonyl (C=O) groups excluding carboxylic acids is 3. The molecule has 2 heterocycles. The smallest absolute Gasteiger partial charge is 0.340 e. The van der Waals surface area contributed by atoms with Crippen LogP contribution in [-0.4, -0.2) is 61.2 Å². The summed E-state index contributed by atoms with van der Waals surface area (Å²) in [6, 6.07) is 4.64. The third-order valence-electron chi connectivity index (χ3n) is 5.44. The van der Waals surface area contributed by atoms with Crippen molar-refractivity contribution in [1.29, 1.82) is 0 Å². The lowest BCUT2D eigenvalue weighted by atomic mass is 10.1. The van der Waals surface area contributed by atoms with Crippen LogP contribution in [0.4, 0.5) is 0 Å². The molecule has 1 saturated heterocycles. The van der Waals surface area contributed by atoms with E-state index in [9.17, 15) is 22.8 Å². The molecule has 0 bridgehead atoms. The number of aromatic amines is 1. The molecule has 1 N–H and O–H groups in total. The van der Waals surface area contributed by atoms with Crippen LogP contribution in [0.1, 0.15) is 51.9 Å². The Labute approximate surface area is 197 Å². The van der Waals surface area contributed by atoms with Gasteiger partial charge in [-0.25, -0.2) is 13.2 Å². The summed E-state index contributed by atoms with van der Waals surface area (Å²) in [5, 5.41) is 0.394. The van der Waals surface area contributed by atoms with Gasteiger partial charge in [0.15, 0.2) is 6.61 Å². The third kappa shape index (κ3) is 5.13. The highest BCUT2D eigenvalue weighted by atomic mass is 35.5. The standard InChI is InChI=1S/C22H25ClN2O7S/c1-4-31-22(28)19-13(2)20(24-14(19)3)18(26)12-32-21(27)17-6-5-11-25(17)33(29,30)16-9-7-15(23)8-10-16/h7-10,17,24H,4-6,11-12H2,1-3H3/t17-/m0/s1. The summed E-state index contributed by atoms with van der Waals surface area (Å²) in [5.74, 6) is -1.89. The highest BCUT2D eigenvalue weighted by Crippen LogP contribution is 2.28. The Morgan fingerprint density at radius 1 is 1.15 bits per heavy atom. The Morgan fingerprint density at radius 3 is 2.45 bits per heavy atom. The number of nitrogens with one attached hydrogen (secondary N) is 1. The monoisotopic (exact) mass is 496 g/mol. The van der Waals surface area contributed by atoms with Gasteiger partial charge in [0.25, 0.3) is 0 Å². The summed E-state index contributed by atoms with van der Waals surface area (Å²) < 4.78 is 37.2. The molecule has 0 amide bonds. The maximum atomic E-state index is 13.0. The number of esters is 2. The molecular weight excluding hydrogens is 472 g/mol. The van der Waals surface area contributed by atoms with Gasteiger partial charge >= 0.3 is 11.9 Å². The van der Waals surface area contributed by atoms with Crippen molar-refractivity contribution in [2.45, 2.75) is 44.6 Å². The number of rotatable bonds is 8. The Morgan fingerprint density at radius 2 is 1.82 bits per heavy atom. The zero-order chi connectivity index (χ0) is 24.3. The highest BCUT2D eigenvalue weighted by Gasteiger charge is 2.40. The van der Waals surface area contributed by atoms with Crippen LogP contribution in [-0.2, 0) is 24.3 Å². The summed E-state index contributed by atoms with van der Waals surface area (Å²) in [6.45, 7) is 4.69. The largest absolute Gasteiger partial charge is 0.462 e. The summed E-state index contributed by atoms with van der Waals surface area (Å²) in [4.78, 5) is 40.3. The van der Waals surface area contributed by atoms with Crippen LogP contribution in [0, 0.1) is 13.8 Å². The van der Waals surface area contributed by atoms with Gasteiger partial charge in [-0.3, -0.25) is 9.59 Å². The Kier molecular flexibility index (Phi) is 7.61. The topological polar surface area (TPSA) is 123 Å². The molecule has 9 nitrogen and oxygen atoms in total. The maximum absolute atomic E-state index is 13.0. The van der Waals surface area contributed by atoms with E-state index in [0.717, 1.165) is 4.31 Å². The molecule has 1 aliphatic heterocycles. The van der Waals surface area contributed by atoms with Crippen molar-refractivity contribution in [3.05, 3.63) is 51.8 Å². The second-order valence-corrected chi connectivity index (χ2v) is 9.93. The van der Waals surface area contributed by atoms with Crippen LogP contribution in [0.5, 0.6) is 0 Å². The summed E-state index contributed by atoms with van der Waals surface area (Å²) >= 11 is 5.83. The number of halogens is 1. The van der Waals surface area contributed by atoms with Crippen molar-refractivity contribution in [2.75, 3.05) is 19.8 Å². The minimum Gasteiger partial charge on any atom is -0.462 e.